The van der Waals surface area contributed by atoms with Gasteiger partial charge in [0.25, 0.3) is 0 Å². The molecule has 0 radical (unpaired) electrons. The summed E-state index contributed by atoms with van der Waals surface area (Å²) in [5.74, 6) is -0.142. The van der Waals surface area contributed by atoms with Crippen LogP contribution < -0.4 is 15.5 Å². The third kappa shape index (κ3) is 4.44. The first-order chi connectivity index (χ1) is 16.1. The van der Waals surface area contributed by atoms with Crippen molar-refractivity contribution in [1.82, 2.24) is 25.1 Å². The van der Waals surface area contributed by atoms with Crippen molar-refractivity contribution in [2.75, 3.05) is 16.8 Å². The van der Waals surface area contributed by atoms with Crippen LogP contribution in [0.3, 0.4) is 0 Å². The van der Waals surface area contributed by atoms with Crippen molar-refractivity contribution >= 4 is 29.3 Å². The van der Waals surface area contributed by atoms with Gasteiger partial charge in [-0.1, -0.05) is 25.0 Å². The first-order valence-corrected chi connectivity index (χ1v) is 11.4. The second-order valence-corrected chi connectivity index (χ2v) is 8.62. The third-order valence-electron chi connectivity index (χ3n) is 6.26. The van der Waals surface area contributed by atoms with Gasteiger partial charge in [0, 0.05) is 48.8 Å². The van der Waals surface area contributed by atoms with Crippen LogP contribution in [0.5, 0.6) is 0 Å². The van der Waals surface area contributed by atoms with Gasteiger partial charge in [0.2, 0.25) is 5.95 Å². The summed E-state index contributed by atoms with van der Waals surface area (Å²) in [5, 5.41) is 10.2. The molecule has 1 fully saturated rings. The smallest absolute Gasteiger partial charge is 0.317 e. The molecule has 2 amide bonds. The Labute approximate surface area is 192 Å². The highest BCUT2D eigenvalue weighted by atomic mass is 16.2. The molecule has 0 unspecified atom stereocenters. The SMILES string of the molecule is Cn1cc(-c2ccc(Nc3ncc4c(n3)N(C3CCCC3)C(=O)C(=O)NCCC4)cc2)cn1. The van der Waals surface area contributed by atoms with Crippen LogP contribution in [0.25, 0.3) is 11.1 Å². The van der Waals surface area contributed by atoms with E-state index in [1.54, 1.807) is 15.8 Å². The Morgan fingerprint density at radius 1 is 1.03 bits per heavy atom. The first kappa shape index (κ1) is 21.1. The van der Waals surface area contributed by atoms with E-state index >= 15 is 0 Å². The van der Waals surface area contributed by atoms with Crippen LogP contribution in [0.1, 0.15) is 37.7 Å². The molecule has 0 saturated heterocycles. The molecule has 33 heavy (non-hydrogen) atoms. The van der Waals surface area contributed by atoms with Gasteiger partial charge in [-0.05, 0) is 43.4 Å². The fraction of sp³-hybridized carbons (Fsp3) is 0.375. The largest absolute Gasteiger partial charge is 0.348 e. The van der Waals surface area contributed by atoms with Gasteiger partial charge in [-0.3, -0.25) is 19.2 Å². The highest BCUT2D eigenvalue weighted by Gasteiger charge is 2.35. The summed E-state index contributed by atoms with van der Waals surface area (Å²) in [5.41, 5.74) is 3.83. The number of aryl methyl sites for hydroxylation is 2. The molecule has 9 nitrogen and oxygen atoms in total. The fourth-order valence-corrected chi connectivity index (χ4v) is 4.55. The standard InChI is InChI=1S/C24H27N7O2/c1-30-15-18(14-27-30)16-8-10-19(11-9-16)28-24-26-13-17-5-4-12-25-22(32)23(33)31(21(17)29-24)20-6-2-3-7-20/h8-11,13-15,20H,2-7,12H2,1H3,(H,25,32)(H,26,28,29). The number of nitrogens with one attached hydrogen (secondary N) is 2. The van der Waals surface area contributed by atoms with Crippen LogP contribution in [0.4, 0.5) is 17.5 Å². The molecule has 1 aliphatic heterocycles. The zero-order valence-electron chi connectivity index (χ0n) is 18.6. The van der Waals surface area contributed by atoms with E-state index in [0.29, 0.717) is 24.7 Å². The van der Waals surface area contributed by atoms with E-state index in [-0.39, 0.29) is 6.04 Å². The number of hydrogen-bond acceptors (Lipinski definition) is 6. The summed E-state index contributed by atoms with van der Waals surface area (Å²) in [6, 6.07) is 7.93. The van der Waals surface area contributed by atoms with Crippen molar-refractivity contribution in [3.8, 4) is 11.1 Å². The van der Waals surface area contributed by atoms with E-state index in [1.165, 1.54) is 0 Å². The molecule has 170 valence electrons. The minimum Gasteiger partial charge on any atom is -0.348 e. The molecule has 5 rings (SSSR count). The van der Waals surface area contributed by atoms with Crippen LogP contribution in [0, 0.1) is 0 Å². The summed E-state index contributed by atoms with van der Waals surface area (Å²) in [6.07, 6.45) is 10.8. The molecule has 1 aliphatic carbocycles. The Balaban J connectivity index is 1.44. The molecule has 3 aromatic rings. The summed E-state index contributed by atoms with van der Waals surface area (Å²) < 4.78 is 1.77. The molecule has 0 bridgehead atoms. The highest BCUT2D eigenvalue weighted by Crippen LogP contribution is 2.31. The summed E-state index contributed by atoms with van der Waals surface area (Å²) in [6.45, 7) is 0.464. The first-order valence-electron chi connectivity index (χ1n) is 11.4. The quantitative estimate of drug-likeness (QED) is 0.598. The maximum atomic E-state index is 13.1. The van der Waals surface area contributed by atoms with Gasteiger partial charge < -0.3 is 10.6 Å². The summed E-state index contributed by atoms with van der Waals surface area (Å²) >= 11 is 0. The van der Waals surface area contributed by atoms with E-state index < -0.39 is 11.8 Å². The molecule has 0 atom stereocenters. The van der Waals surface area contributed by atoms with Crippen molar-refractivity contribution in [2.45, 2.75) is 44.6 Å². The lowest BCUT2D eigenvalue weighted by atomic mass is 10.1. The molecule has 2 aliphatic rings. The van der Waals surface area contributed by atoms with Gasteiger partial charge >= 0.3 is 11.8 Å². The van der Waals surface area contributed by atoms with Gasteiger partial charge in [0.05, 0.1) is 6.20 Å². The van der Waals surface area contributed by atoms with Crippen LogP contribution in [-0.2, 0) is 23.1 Å². The van der Waals surface area contributed by atoms with E-state index in [4.69, 9.17) is 4.98 Å². The number of aromatic nitrogens is 4. The van der Waals surface area contributed by atoms with Gasteiger partial charge in [-0.2, -0.15) is 10.1 Å². The van der Waals surface area contributed by atoms with Gasteiger partial charge in [0.15, 0.2) is 0 Å². The lowest BCUT2D eigenvalue weighted by molar-refractivity contribution is -0.137. The Morgan fingerprint density at radius 3 is 2.55 bits per heavy atom. The normalized spacial score (nSPS) is 17.2. The van der Waals surface area contributed by atoms with E-state index in [0.717, 1.165) is 54.5 Å². The van der Waals surface area contributed by atoms with Crippen LogP contribution >= 0.6 is 0 Å². The Bertz CT molecular complexity index is 1170. The Hall–Kier alpha value is -3.75. The predicted octanol–water partition coefficient (Wildman–Crippen LogP) is 2.96. The molecule has 1 aromatic carbocycles. The van der Waals surface area contributed by atoms with Crippen LogP contribution in [-0.4, -0.2) is 44.1 Å². The number of carbonyl (C=O) groups excluding carboxylic acids is 2. The van der Waals surface area contributed by atoms with E-state index in [9.17, 15) is 9.59 Å². The second-order valence-electron chi connectivity index (χ2n) is 8.62. The van der Waals surface area contributed by atoms with Crippen LogP contribution in [0.15, 0.2) is 42.9 Å². The number of benzene rings is 1. The summed E-state index contributed by atoms with van der Waals surface area (Å²) in [7, 11) is 1.89. The molecule has 2 N–H and O–H groups in total. The molecular weight excluding hydrogens is 418 g/mol. The topological polar surface area (TPSA) is 105 Å². The Morgan fingerprint density at radius 2 is 1.82 bits per heavy atom. The highest BCUT2D eigenvalue weighted by molar-refractivity contribution is 6.40. The number of fused-ring (bicyclic) bond motifs is 1. The number of hydrogen-bond donors (Lipinski definition) is 2. The maximum absolute atomic E-state index is 13.1. The minimum atomic E-state index is -0.561. The summed E-state index contributed by atoms with van der Waals surface area (Å²) in [4.78, 5) is 36.4. The molecule has 2 aromatic heterocycles. The molecule has 3 heterocycles. The lowest BCUT2D eigenvalue weighted by Gasteiger charge is -2.28. The van der Waals surface area contributed by atoms with Crippen LogP contribution in [0.2, 0.25) is 0 Å². The number of rotatable bonds is 4. The number of anilines is 3. The lowest BCUT2D eigenvalue weighted by Crippen LogP contribution is -2.48. The molecular formula is C24H27N7O2. The fourth-order valence-electron chi connectivity index (χ4n) is 4.55. The average molecular weight is 446 g/mol. The number of carbonyl (C=O) groups is 2. The zero-order valence-corrected chi connectivity index (χ0v) is 18.6. The van der Waals surface area contributed by atoms with Crippen molar-refractivity contribution in [3.63, 3.8) is 0 Å². The van der Waals surface area contributed by atoms with Gasteiger partial charge in [-0.25, -0.2) is 4.98 Å². The van der Waals surface area contributed by atoms with Gasteiger partial charge in [0.1, 0.15) is 5.82 Å². The van der Waals surface area contributed by atoms with E-state index in [1.807, 2.05) is 43.7 Å². The number of nitrogens with zero attached hydrogens (tertiary/aromatic N) is 5. The monoisotopic (exact) mass is 445 g/mol. The molecule has 9 heteroatoms. The van der Waals surface area contributed by atoms with Crippen molar-refractivity contribution in [1.29, 1.82) is 0 Å². The minimum absolute atomic E-state index is 0.0124. The predicted molar refractivity (Wildman–Crippen MR) is 125 cm³/mol. The number of amides is 2. The maximum Gasteiger partial charge on any atom is 0.317 e. The van der Waals surface area contributed by atoms with Crippen molar-refractivity contribution in [3.05, 3.63) is 48.4 Å². The average Bonchev–Trinajstić information content (AvgIpc) is 3.50. The second kappa shape index (κ2) is 9.01. The third-order valence-corrected chi connectivity index (χ3v) is 6.26. The van der Waals surface area contributed by atoms with Crippen molar-refractivity contribution < 1.29 is 9.59 Å². The molecule has 1 saturated carbocycles. The molecule has 0 spiro atoms. The zero-order chi connectivity index (χ0) is 22.8. The Kier molecular flexibility index (Phi) is 5.77. The van der Waals surface area contributed by atoms with E-state index in [2.05, 4.69) is 20.7 Å². The van der Waals surface area contributed by atoms with Gasteiger partial charge in [-0.15, -0.1) is 0 Å². The van der Waals surface area contributed by atoms with Crippen molar-refractivity contribution in [2.24, 2.45) is 7.05 Å².